The zero-order valence-corrected chi connectivity index (χ0v) is 15.3. The van der Waals surface area contributed by atoms with Crippen LogP contribution in [-0.4, -0.2) is 99.3 Å². The molecule has 1 heterocycles. The molecule has 0 aliphatic carbocycles. The first-order chi connectivity index (χ1) is 12.9. The number of ether oxygens (including phenoxy) is 2. The number of nitrogens with one attached hydrogen (secondary N) is 1. The summed E-state index contributed by atoms with van der Waals surface area (Å²) < 4.78 is 10.5. The Morgan fingerprint density at radius 3 is 2.54 bits per heavy atom. The summed E-state index contributed by atoms with van der Waals surface area (Å²) in [6.45, 7) is -0.328. The van der Waals surface area contributed by atoms with Gasteiger partial charge in [-0.15, -0.1) is 0 Å². The molecule has 3 atom stereocenters. The lowest BCUT2D eigenvalue weighted by atomic mass is 9.80. The predicted octanol–water partition coefficient (Wildman–Crippen LogP) is -4.47. The molecule has 1 rings (SSSR count). The first-order valence-electron chi connectivity index (χ1n) is 8.15. The van der Waals surface area contributed by atoms with Crippen LogP contribution in [0.3, 0.4) is 0 Å². The normalized spacial score (nSPS) is 22.2. The molecule has 1 aliphatic rings. The zero-order valence-electron chi connectivity index (χ0n) is 15.3. The zero-order chi connectivity index (χ0) is 21.5. The Balaban J connectivity index is 2.59. The highest BCUT2D eigenvalue weighted by Crippen LogP contribution is 2.25. The highest BCUT2D eigenvalue weighted by atomic mass is 16.7. The lowest BCUT2D eigenvalue weighted by Crippen LogP contribution is -2.57. The van der Waals surface area contributed by atoms with Crippen molar-refractivity contribution in [3.63, 3.8) is 0 Å². The largest absolute Gasteiger partial charge is 0.462 e. The fourth-order valence-corrected chi connectivity index (χ4v) is 2.57. The summed E-state index contributed by atoms with van der Waals surface area (Å²) in [5.41, 5.74) is -1.21. The fourth-order valence-electron chi connectivity index (χ4n) is 2.57. The third kappa shape index (κ3) is 7.16. The molecule has 1 saturated heterocycles. The van der Waals surface area contributed by atoms with Gasteiger partial charge in [0, 0.05) is 13.2 Å². The van der Waals surface area contributed by atoms with Gasteiger partial charge in [-0.25, -0.2) is 0 Å². The van der Waals surface area contributed by atoms with Crippen LogP contribution in [-0.2, 0) is 19.1 Å². The molecule has 158 valence electrons. The van der Waals surface area contributed by atoms with Crippen LogP contribution in [0.25, 0.3) is 0 Å². The molecule has 0 bridgehead atoms. The van der Waals surface area contributed by atoms with E-state index in [4.69, 9.17) is 30.0 Å². The minimum Gasteiger partial charge on any atom is -0.462 e. The number of aliphatic imine (C=N–C) groups is 1. The van der Waals surface area contributed by atoms with Gasteiger partial charge in [-0.05, 0) is 18.9 Å². The Morgan fingerprint density at radius 1 is 1.39 bits per heavy atom. The van der Waals surface area contributed by atoms with Crippen LogP contribution in [0.5, 0.6) is 0 Å². The minimum absolute atomic E-state index is 0.0899. The minimum atomic E-state index is -3.69. The van der Waals surface area contributed by atoms with Crippen molar-refractivity contribution >= 4 is 26.1 Å². The molecule has 1 aliphatic heterocycles. The summed E-state index contributed by atoms with van der Waals surface area (Å²) in [6, 6.07) is 0. The average Bonchev–Trinajstić information content (AvgIpc) is 3.03. The van der Waals surface area contributed by atoms with Crippen molar-refractivity contribution < 1.29 is 49.8 Å². The maximum atomic E-state index is 11.9. The van der Waals surface area contributed by atoms with Crippen LogP contribution in [0.15, 0.2) is 17.3 Å². The molecular weight excluding hydrogens is 381 g/mol. The lowest BCUT2D eigenvalue weighted by Gasteiger charge is -2.32. The van der Waals surface area contributed by atoms with Gasteiger partial charge < -0.3 is 39.9 Å². The third-order valence-electron chi connectivity index (χ3n) is 3.89. The van der Waals surface area contributed by atoms with E-state index in [9.17, 15) is 19.8 Å². The van der Waals surface area contributed by atoms with Gasteiger partial charge in [-0.1, -0.05) is 0 Å². The fraction of sp³-hybridized carbons (Fsp3) is 0.643. The second kappa shape index (κ2) is 9.93. The second-order valence-electron chi connectivity index (χ2n) is 6.35. The molecule has 0 radical (unpaired) electrons. The number of hydroxylamine groups is 1. The first kappa shape index (κ1) is 24.0. The molecule has 13 nitrogen and oxygen atoms in total. The van der Waals surface area contributed by atoms with E-state index in [-0.39, 0.29) is 18.9 Å². The third-order valence-corrected chi connectivity index (χ3v) is 3.89. The predicted molar refractivity (Wildman–Crippen MR) is 92.8 cm³/mol. The van der Waals surface area contributed by atoms with Crippen LogP contribution in [0.2, 0.25) is 0 Å². The van der Waals surface area contributed by atoms with E-state index < -0.39 is 35.9 Å². The molecule has 0 aromatic heterocycles. The summed E-state index contributed by atoms with van der Waals surface area (Å²) in [7, 11) is 2.34. The number of hydrogen-bond donors (Lipinski definition) is 7. The van der Waals surface area contributed by atoms with Crippen molar-refractivity contribution in [2.75, 3.05) is 13.7 Å². The second-order valence-corrected chi connectivity index (χ2v) is 6.35. The van der Waals surface area contributed by atoms with E-state index in [1.54, 1.807) is 17.4 Å². The van der Waals surface area contributed by atoms with E-state index in [1.165, 1.54) is 12.3 Å². The monoisotopic (exact) mass is 405 g/mol. The number of amides is 1. The summed E-state index contributed by atoms with van der Waals surface area (Å²) in [5, 5.41) is 55.1. The number of hydrogen-bond acceptors (Lipinski definition) is 11. The SMILES string of the molecule is BC(O)(O)C(C(=O)OCC1CCC(N(C)/C=C\C(=N/C=O)NO)O1)C(O)(O)O. The molecule has 14 heteroatoms. The number of rotatable bonds is 9. The summed E-state index contributed by atoms with van der Waals surface area (Å²) >= 11 is 0. The van der Waals surface area contributed by atoms with Crippen molar-refractivity contribution in [3.05, 3.63) is 12.3 Å². The standard InChI is InChI=1S/C14H24BN3O10/c1-18(5-4-9(17-26)16-7-19)10-3-2-8(28-10)6-27-12(20)11(13(15,21)22)14(23,24)25/h4-5,7-8,10-11,21-26H,2-3,6,15H2,1H3,(H,16,17,19)/b5-4-. The van der Waals surface area contributed by atoms with E-state index in [2.05, 4.69) is 4.99 Å². The molecule has 0 aromatic carbocycles. The number of nitrogens with zero attached hydrogens (tertiary/aromatic N) is 2. The van der Waals surface area contributed by atoms with E-state index in [0.29, 0.717) is 20.7 Å². The highest BCUT2D eigenvalue weighted by molar-refractivity contribution is 6.14. The van der Waals surface area contributed by atoms with Crippen LogP contribution in [0, 0.1) is 5.92 Å². The van der Waals surface area contributed by atoms with Gasteiger partial charge in [0.15, 0.2) is 19.6 Å². The number of esters is 1. The summed E-state index contributed by atoms with van der Waals surface area (Å²) in [5.74, 6) is -7.66. The first-order valence-corrected chi connectivity index (χ1v) is 8.15. The van der Waals surface area contributed by atoms with Gasteiger partial charge in [-0.2, -0.15) is 4.99 Å². The molecule has 0 aromatic rings. The Kier molecular flexibility index (Phi) is 8.50. The molecule has 1 fully saturated rings. The Labute approximate surface area is 160 Å². The molecule has 0 spiro atoms. The quantitative estimate of drug-likeness (QED) is 0.0369. The van der Waals surface area contributed by atoms with Crippen LogP contribution < -0.4 is 5.48 Å². The molecule has 28 heavy (non-hydrogen) atoms. The van der Waals surface area contributed by atoms with Crippen molar-refractivity contribution in [1.82, 2.24) is 10.4 Å². The molecule has 7 N–H and O–H groups in total. The van der Waals surface area contributed by atoms with Gasteiger partial charge in [0.05, 0.1) is 6.10 Å². The molecule has 3 unspecified atom stereocenters. The van der Waals surface area contributed by atoms with Crippen LogP contribution >= 0.6 is 0 Å². The maximum Gasteiger partial charge on any atom is 0.321 e. The van der Waals surface area contributed by atoms with Crippen molar-refractivity contribution in [2.24, 2.45) is 10.9 Å². The number of amidine groups is 1. The summed E-state index contributed by atoms with van der Waals surface area (Å²) in [6.07, 6.45) is 3.05. The van der Waals surface area contributed by atoms with Gasteiger partial charge in [0.2, 0.25) is 6.41 Å². The number of carbonyl (C=O) groups excluding carboxylic acids is 2. The Morgan fingerprint density at radius 2 is 2.04 bits per heavy atom. The maximum absolute atomic E-state index is 11.9. The Bertz CT molecular complexity index is 587. The van der Waals surface area contributed by atoms with E-state index in [1.807, 2.05) is 0 Å². The number of carbonyl (C=O) groups is 2. The number of aliphatic hydroxyl groups is 5. The molecule has 0 saturated carbocycles. The van der Waals surface area contributed by atoms with E-state index in [0.717, 1.165) is 0 Å². The average molecular weight is 405 g/mol. The van der Waals surface area contributed by atoms with Gasteiger partial charge in [0.1, 0.15) is 18.5 Å². The lowest BCUT2D eigenvalue weighted by molar-refractivity contribution is -0.368. The molecule has 1 amide bonds. The van der Waals surface area contributed by atoms with Crippen molar-refractivity contribution in [1.29, 1.82) is 0 Å². The van der Waals surface area contributed by atoms with Gasteiger partial charge in [0.25, 0.3) is 5.97 Å². The van der Waals surface area contributed by atoms with Crippen molar-refractivity contribution in [3.8, 4) is 0 Å². The van der Waals surface area contributed by atoms with Crippen LogP contribution in [0.1, 0.15) is 12.8 Å². The smallest absolute Gasteiger partial charge is 0.321 e. The topological polar surface area (TPSA) is 202 Å². The van der Waals surface area contributed by atoms with Crippen LogP contribution in [0.4, 0.5) is 0 Å². The van der Waals surface area contributed by atoms with E-state index >= 15 is 0 Å². The van der Waals surface area contributed by atoms with Gasteiger partial charge >= 0.3 is 5.97 Å². The van der Waals surface area contributed by atoms with Gasteiger partial charge in [-0.3, -0.25) is 20.3 Å². The van der Waals surface area contributed by atoms with Crippen molar-refractivity contribution in [2.45, 2.75) is 36.8 Å². The molecular formula is C14H24BN3O10. The highest BCUT2D eigenvalue weighted by Gasteiger charge is 2.51. The summed E-state index contributed by atoms with van der Waals surface area (Å²) in [4.78, 5) is 27.1. The Hall–Kier alpha value is -2.07.